The highest BCUT2D eigenvalue weighted by Gasteiger charge is 2.14. The van der Waals surface area contributed by atoms with Gasteiger partial charge in [-0.2, -0.15) is 0 Å². The summed E-state index contributed by atoms with van der Waals surface area (Å²) in [6.07, 6.45) is 5.01. The molecule has 1 fully saturated rings. The van der Waals surface area contributed by atoms with Gasteiger partial charge in [-0.25, -0.2) is 0 Å². The summed E-state index contributed by atoms with van der Waals surface area (Å²) in [5.41, 5.74) is 1.74. The molecule has 0 atom stereocenters. The lowest BCUT2D eigenvalue weighted by Gasteiger charge is -2.14. The molecule has 1 aromatic rings. The van der Waals surface area contributed by atoms with Crippen molar-refractivity contribution in [3.63, 3.8) is 0 Å². The Bertz CT molecular complexity index is 387. The molecule has 1 aliphatic carbocycles. The Kier molecular flexibility index (Phi) is 3.98. The lowest BCUT2D eigenvalue weighted by Crippen LogP contribution is -2.17. The quantitative estimate of drug-likeness (QED) is 0.746. The Morgan fingerprint density at radius 1 is 1.29 bits per heavy atom. The molecule has 0 aromatic heterocycles. The zero-order valence-corrected chi connectivity index (χ0v) is 9.78. The summed E-state index contributed by atoms with van der Waals surface area (Å²) in [5, 5.41) is 14.8. The number of hydrogen-bond donors (Lipinski definition) is 3. The maximum Gasteiger partial charge on any atom is 0.250 e. The maximum atomic E-state index is 11.1. The summed E-state index contributed by atoms with van der Waals surface area (Å²) < 4.78 is 0. The molecule has 0 radical (unpaired) electrons. The van der Waals surface area contributed by atoms with Crippen LogP contribution in [-0.4, -0.2) is 23.7 Å². The second-order valence-corrected chi connectivity index (χ2v) is 4.41. The van der Waals surface area contributed by atoms with Crippen LogP contribution in [0.3, 0.4) is 0 Å². The fraction of sp³-hybridized carbons (Fsp3) is 0.462. The molecule has 0 heterocycles. The van der Waals surface area contributed by atoms with Crippen molar-refractivity contribution in [2.75, 3.05) is 17.2 Å². The van der Waals surface area contributed by atoms with E-state index >= 15 is 0 Å². The Balaban J connectivity index is 1.97. The van der Waals surface area contributed by atoms with Gasteiger partial charge in [0.2, 0.25) is 5.91 Å². The number of rotatable bonds is 4. The minimum absolute atomic E-state index is 0.386. The zero-order valence-electron chi connectivity index (χ0n) is 9.78. The monoisotopic (exact) mass is 234 g/mol. The van der Waals surface area contributed by atoms with Crippen molar-refractivity contribution in [1.29, 1.82) is 0 Å². The summed E-state index contributed by atoms with van der Waals surface area (Å²) in [5.74, 6) is -0.386. The predicted octanol–water partition coefficient (Wildman–Crippen LogP) is 1.97. The minimum atomic E-state index is -0.486. The number of carbonyl (C=O) groups excluding carboxylic acids is 1. The average Bonchev–Trinajstić information content (AvgIpc) is 2.82. The van der Waals surface area contributed by atoms with Crippen molar-refractivity contribution in [2.45, 2.75) is 31.7 Å². The van der Waals surface area contributed by atoms with E-state index in [0.717, 1.165) is 5.69 Å². The first kappa shape index (κ1) is 11.9. The van der Waals surface area contributed by atoms with Crippen LogP contribution >= 0.6 is 0 Å². The summed E-state index contributed by atoms with van der Waals surface area (Å²) in [7, 11) is 0. The topological polar surface area (TPSA) is 61.4 Å². The largest absolute Gasteiger partial charge is 0.387 e. The van der Waals surface area contributed by atoms with Crippen LogP contribution in [-0.2, 0) is 4.79 Å². The fourth-order valence-corrected chi connectivity index (χ4v) is 2.19. The van der Waals surface area contributed by atoms with E-state index in [1.54, 1.807) is 0 Å². The normalized spacial score (nSPS) is 15.8. The van der Waals surface area contributed by atoms with Crippen LogP contribution in [0.2, 0.25) is 0 Å². The molecule has 2 rings (SSSR count). The van der Waals surface area contributed by atoms with E-state index in [-0.39, 0.29) is 5.91 Å². The molecule has 4 nitrogen and oxygen atoms in total. The second kappa shape index (κ2) is 5.68. The van der Waals surface area contributed by atoms with E-state index in [1.165, 1.54) is 25.7 Å². The van der Waals surface area contributed by atoms with Crippen molar-refractivity contribution < 1.29 is 9.90 Å². The highest BCUT2D eigenvalue weighted by atomic mass is 16.3. The second-order valence-electron chi connectivity index (χ2n) is 4.41. The number of aliphatic hydroxyl groups excluding tert-OH is 1. The summed E-state index contributed by atoms with van der Waals surface area (Å²) >= 11 is 0. The molecule has 4 heteroatoms. The van der Waals surface area contributed by atoms with E-state index in [4.69, 9.17) is 5.11 Å². The Hall–Kier alpha value is -1.55. The number of amides is 1. The van der Waals surface area contributed by atoms with Crippen LogP contribution in [0.1, 0.15) is 25.7 Å². The van der Waals surface area contributed by atoms with Crippen LogP contribution in [0.4, 0.5) is 11.4 Å². The molecule has 1 aromatic carbocycles. The van der Waals surface area contributed by atoms with Gasteiger partial charge >= 0.3 is 0 Å². The molecule has 17 heavy (non-hydrogen) atoms. The zero-order chi connectivity index (χ0) is 12.1. The van der Waals surface area contributed by atoms with Crippen molar-refractivity contribution in [1.82, 2.24) is 0 Å². The number of nitrogens with one attached hydrogen (secondary N) is 2. The van der Waals surface area contributed by atoms with Crippen LogP contribution in [0, 0.1) is 0 Å². The van der Waals surface area contributed by atoms with E-state index in [1.807, 2.05) is 24.3 Å². The van der Waals surface area contributed by atoms with Crippen molar-refractivity contribution >= 4 is 17.3 Å². The van der Waals surface area contributed by atoms with Gasteiger partial charge in [0.1, 0.15) is 6.61 Å². The smallest absolute Gasteiger partial charge is 0.250 e. The molecule has 0 unspecified atom stereocenters. The maximum absolute atomic E-state index is 11.1. The van der Waals surface area contributed by atoms with Crippen LogP contribution in [0.5, 0.6) is 0 Å². The molecule has 1 amide bonds. The third-order valence-corrected chi connectivity index (χ3v) is 3.02. The number of carbonyl (C=O) groups is 1. The summed E-state index contributed by atoms with van der Waals surface area (Å²) in [6.45, 7) is -0.486. The van der Waals surface area contributed by atoms with Crippen LogP contribution < -0.4 is 10.6 Å². The molecule has 1 saturated carbocycles. The molecular weight excluding hydrogens is 216 g/mol. The Labute approximate surface area is 101 Å². The lowest BCUT2D eigenvalue weighted by molar-refractivity contribution is -0.118. The molecule has 3 N–H and O–H groups in total. The van der Waals surface area contributed by atoms with E-state index < -0.39 is 6.61 Å². The third-order valence-electron chi connectivity index (χ3n) is 3.02. The predicted molar refractivity (Wildman–Crippen MR) is 68.0 cm³/mol. The van der Waals surface area contributed by atoms with Crippen molar-refractivity contribution in [3.8, 4) is 0 Å². The lowest BCUT2D eigenvalue weighted by atomic mass is 10.2. The van der Waals surface area contributed by atoms with Gasteiger partial charge in [-0.3, -0.25) is 4.79 Å². The molecular formula is C13H18N2O2. The van der Waals surface area contributed by atoms with Gasteiger partial charge in [-0.15, -0.1) is 0 Å². The number of benzene rings is 1. The Morgan fingerprint density at radius 3 is 2.71 bits per heavy atom. The van der Waals surface area contributed by atoms with E-state index in [0.29, 0.717) is 11.7 Å². The van der Waals surface area contributed by atoms with Crippen LogP contribution in [0.15, 0.2) is 24.3 Å². The van der Waals surface area contributed by atoms with Gasteiger partial charge in [0.25, 0.3) is 0 Å². The van der Waals surface area contributed by atoms with Crippen molar-refractivity contribution in [3.05, 3.63) is 24.3 Å². The molecule has 0 saturated heterocycles. The molecule has 0 spiro atoms. The van der Waals surface area contributed by atoms with Gasteiger partial charge in [-0.1, -0.05) is 18.9 Å². The van der Waals surface area contributed by atoms with Gasteiger partial charge in [0, 0.05) is 17.4 Å². The molecule has 92 valence electrons. The first-order valence-electron chi connectivity index (χ1n) is 6.05. The average molecular weight is 234 g/mol. The van der Waals surface area contributed by atoms with Gasteiger partial charge in [0.15, 0.2) is 0 Å². The number of hydrogen-bond acceptors (Lipinski definition) is 3. The van der Waals surface area contributed by atoms with Gasteiger partial charge in [0.05, 0.1) is 0 Å². The standard InChI is InChI=1S/C13H18N2O2/c16-9-13(17)15-12-7-3-6-11(8-12)14-10-4-1-2-5-10/h3,6-8,10,14,16H,1-2,4-5,9H2,(H,15,17). The van der Waals surface area contributed by atoms with Gasteiger partial charge < -0.3 is 15.7 Å². The number of aliphatic hydroxyl groups is 1. The first-order valence-corrected chi connectivity index (χ1v) is 6.05. The molecule has 0 bridgehead atoms. The van der Waals surface area contributed by atoms with E-state index in [2.05, 4.69) is 10.6 Å². The fourth-order valence-electron chi connectivity index (χ4n) is 2.19. The van der Waals surface area contributed by atoms with Gasteiger partial charge in [-0.05, 0) is 31.0 Å². The highest BCUT2D eigenvalue weighted by molar-refractivity contribution is 5.91. The van der Waals surface area contributed by atoms with Crippen molar-refractivity contribution in [2.24, 2.45) is 0 Å². The first-order chi connectivity index (χ1) is 8.28. The highest BCUT2D eigenvalue weighted by Crippen LogP contribution is 2.23. The summed E-state index contributed by atoms with van der Waals surface area (Å²) in [4.78, 5) is 11.1. The number of anilines is 2. The molecule has 0 aliphatic heterocycles. The third kappa shape index (κ3) is 3.46. The van der Waals surface area contributed by atoms with Crippen LogP contribution in [0.25, 0.3) is 0 Å². The van der Waals surface area contributed by atoms with E-state index in [9.17, 15) is 4.79 Å². The molecule has 1 aliphatic rings. The Morgan fingerprint density at radius 2 is 2.00 bits per heavy atom. The SMILES string of the molecule is O=C(CO)Nc1cccc(NC2CCCC2)c1. The minimum Gasteiger partial charge on any atom is -0.387 e. The summed E-state index contributed by atoms with van der Waals surface area (Å²) in [6, 6.07) is 8.15.